The summed E-state index contributed by atoms with van der Waals surface area (Å²) in [6, 6.07) is 12.6. The second-order valence-electron chi connectivity index (χ2n) is 7.10. The molecule has 0 amide bonds. The second-order valence-corrected chi connectivity index (χ2v) is 7.49. The van der Waals surface area contributed by atoms with E-state index in [9.17, 15) is 9.59 Å². The molecule has 1 N–H and O–H groups in total. The lowest BCUT2D eigenvalue weighted by Gasteiger charge is -2.43. The molecule has 2 bridgehead atoms. The van der Waals surface area contributed by atoms with Crippen LogP contribution in [0.25, 0.3) is 0 Å². The minimum Gasteiger partial charge on any atom is -0.465 e. The zero-order chi connectivity index (χ0) is 19.0. The summed E-state index contributed by atoms with van der Waals surface area (Å²) in [5.74, 6) is 0.368. The van der Waals surface area contributed by atoms with Gasteiger partial charge in [-0.15, -0.1) is 0 Å². The van der Waals surface area contributed by atoms with Gasteiger partial charge in [-0.1, -0.05) is 6.07 Å². The van der Waals surface area contributed by atoms with E-state index < -0.39 is 0 Å². The van der Waals surface area contributed by atoms with E-state index in [1.165, 1.54) is 7.11 Å². The van der Waals surface area contributed by atoms with E-state index in [4.69, 9.17) is 17.0 Å². The van der Waals surface area contributed by atoms with Crippen molar-refractivity contribution < 1.29 is 9.53 Å². The number of nitrogens with one attached hydrogen (secondary N) is 1. The Kier molecular flexibility index (Phi) is 4.70. The summed E-state index contributed by atoms with van der Waals surface area (Å²) in [5, 5.41) is 3.93. The van der Waals surface area contributed by atoms with Gasteiger partial charge in [0.15, 0.2) is 5.11 Å². The van der Waals surface area contributed by atoms with Crippen LogP contribution < -0.4 is 10.9 Å². The molecule has 2 atom stereocenters. The van der Waals surface area contributed by atoms with Crippen molar-refractivity contribution in [3.63, 3.8) is 0 Å². The Morgan fingerprint density at radius 3 is 2.67 bits per heavy atom. The molecule has 2 aliphatic rings. The summed E-state index contributed by atoms with van der Waals surface area (Å²) in [6.07, 6.45) is 1.09. The van der Waals surface area contributed by atoms with Gasteiger partial charge in [-0.25, -0.2) is 4.79 Å². The third kappa shape index (κ3) is 3.47. The monoisotopic (exact) mass is 383 g/mol. The number of fused-ring (bicyclic) bond motifs is 4. The molecule has 7 heteroatoms. The molecule has 1 saturated heterocycles. The summed E-state index contributed by atoms with van der Waals surface area (Å²) < 4.78 is 6.63. The van der Waals surface area contributed by atoms with Crippen LogP contribution in [0.15, 0.2) is 47.3 Å². The number of nitrogens with zero attached hydrogens (tertiary/aromatic N) is 2. The number of hydrogen-bond donors (Lipinski definition) is 1. The molecule has 0 saturated carbocycles. The molecule has 1 fully saturated rings. The Morgan fingerprint density at radius 1 is 1.15 bits per heavy atom. The summed E-state index contributed by atoms with van der Waals surface area (Å²) in [6.45, 7) is 2.38. The number of rotatable bonds is 2. The highest BCUT2D eigenvalue weighted by molar-refractivity contribution is 7.80. The van der Waals surface area contributed by atoms with E-state index in [2.05, 4.69) is 10.2 Å². The third-order valence-corrected chi connectivity index (χ3v) is 5.68. The predicted octanol–water partition coefficient (Wildman–Crippen LogP) is 2.45. The molecule has 1 aromatic carbocycles. The quantitative estimate of drug-likeness (QED) is 0.635. The van der Waals surface area contributed by atoms with Crippen LogP contribution in [0.3, 0.4) is 0 Å². The number of likely N-dealkylation sites (tertiary alicyclic amines) is 1. The minimum atomic E-state index is -0.359. The van der Waals surface area contributed by atoms with Crippen molar-refractivity contribution in [2.75, 3.05) is 25.5 Å². The van der Waals surface area contributed by atoms with Crippen LogP contribution in [0.1, 0.15) is 28.4 Å². The molecule has 3 heterocycles. The molecule has 1 aromatic heterocycles. The Labute approximate surface area is 162 Å². The predicted molar refractivity (Wildman–Crippen MR) is 107 cm³/mol. The number of piperidine rings is 1. The number of ether oxygens (including phenoxy) is 1. The van der Waals surface area contributed by atoms with Gasteiger partial charge >= 0.3 is 5.97 Å². The van der Waals surface area contributed by atoms with Crippen LogP contribution >= 0.6 is 12.2 Å². The first kappa shape index (κ1) is 17.7. The second kappa shape index (κ2) is 7.15. The number of esters is 1. The van der Waals surface area contributed by atoms with E-state index in [1.807, 2.05) is 28.8 Å². The average molecular weight is 383 g/mol. The van der Waals surface area contributed by atoms with Gasteiger partial charge in [-0.05, 0) is 54.9 Å². The molecule has 0 spiro atoms. The SMILES string of the molecule is COC(=O)c1ccc(NC(=S)N2CC3CC(C2)c2cccc(=O)n2C3)cc1. The Balaban J connectivity index is 1.46. The van der Waals surface area contributed by atoms with Crippen LogP contribution in [0.2, 0.25) is 0 Å². The standard InChI is InChI=1S/C20H21N3O3S/c1-26-19(25)14-5-7-16(8-6-14)21-20(27)22-10-13-9-15(12-22)17-3-2-4-18(24)23(17)11-13/h2-8,13,15H,9-12H2,1H3,(H,21,27). The fourth-order valence-corrected chi connectivity index (χ4v) is 4.34. The molecule has 140 valence electrons. The number of carbonyl (C=O) groups is 1. The number of methoxy groups -OCH3 is 1. The van der Waals surface area contributed by atoms with Crippen LogP contribution in [0.5, 0.6) is 0 Å². The molecule has 2 unspecified atom stereocenters. The lowest BCUT2D eigenvalue weighted by Crippen LogP contribution is -2.50. The molecule has 27 heavy (non-hydrogen) atoms. The Bertz CT molecular complexity index is 938. The van der Waals surface area contributed by atoms with Crippen LogP contribution in [0, 0.1) is 5.92 Å². The highest BCUT2D eigenvalue weighted by atomic mass is 32.1. The number of aromatic nitrogens is 1. The van der Waals surface area contributed by atoms with Crippen LogP contribution in [-0.4, -0.2) is 40.7 Å². The Morgan fingerprint density at radius 2 is 1.93 bits per heavy atom. The number of pyridine rings is 1. The van der Waals surface area contributed by atoms with E-state index in [0.717, 1.165) is 37.4 Å². The van der Waals surface area contributed by atoms with E-state index in [0.29, 0.717) is 22.5 Å². The first-order valence-electron chi connectivity index (χ1n) is 8.99. The lowest BCUT2D eigenvalue weighted by molar-refractivity contribution is 0.0601. The topological polar surface area (TPSA) is 63.6 Å². The zero-order valence-electron chi connectivity index (χ0n) is 15.1. The van der Waals surface area contributed by atoms with Gasteiger partial charge in [0.05, 0.1) is 12.7 Å². The number of carbonyl (C=O) groups excluding carboxylic acids is 1. The molecule has 0 aliphatic carbocycles. The van der Waals surface area contributed by atoms with E-state index >= 15 is 0 Å². The summed E-state index contributed by atoms with van der Waals surface area (Å²) in [5.41, 5.74) is 2.53. The third-order valence-electron chi connectivity index (χ3n) is 5.32. The zero-order valence-corrected chi connectivity index (χ0v) is 15.9. The molecule has 6 nitrogen and oxygen atoms in total. The fourth-order valence-electron chi connectivity index (χ4n) is 4.07. The van der Waals surface area contributed by atoms with Crippen molar-refractivity contribution in [3.05, 3.63) is 64.1 Å². The summed E-state index contributed by atoms with van der Waals surface area (Å²) in [4.78, 5) is 25.8. The molecule has 2 aliphatic heterocycles. The van der Waals surface area contributed by atoms with E-state index in [1.54, 1.807) is 18.2 Å². The van der Waals surface area contributed by atoms with Gasteiger partial charge in [0.1, 0.15) is 0 Å². The molecular weight excluding hydrogens is 362 g/mol. The maximum absolute atomic E-state index is 12.1. The highest BCUT2D eigenvalue weighted by Gasteiger charge is 2.35. The normalized spacial score (nSPS) is 20.6. The highest BCUT2D eigenvalue weighted by Crippen LogP contribution is 2.35. The van der Waals surface area contributed by atoms with Crippen molar-refractivity contribution in [3.8, 4) is 0 Å². The van der Waals surface area contributed by atoms with Crippen molar-refractivity contribution in [2.45, 2.75) is 18.9 Å². The number of anilines is 1. The van der Waals surface area contributed by atoms with Gasteiger partial charge < -0.3 is 19.5 Å². The molecule has 4 rings (SSSR count). The molecule has 0 radical (unpaired) electrons. The number of benzene rings is 1. The fraction of sp³-hybridized carbons (Fsp3) is 0.350. The number of thiocarbonyl (C=S) groups is 1. The largest absolute Gasteiger partial charge is 0.465 e. The number of hydrogen-bond acceptors (Lipinski definition) is 4. The van der Waals surface area contributed by atoms with Gasteiger partial charge in [-0.3, -0.25) is 4.79 Å². The smallest absolute Gasteiger partial charge is 0.337 e. The van der Waals surface area contributed by atoms with E-state index in [-0.39, 0.29) is 11.5 Å². The molecule has 2 aromatic rings. The van der Waals surface area contributed by atoms with Crippen molar-refractivity contribution in [1.82, 2.24) is 9.47 Å². The Hall–Kier alpha value is -2.67. The lowest BCUT2D eigenvalue weighted by atomic mass is 9.83. The first-order chi connectivity index (χ1) is 13.0. The van der Waals surface area contributed by atoms with Crippen molar-refractivity contribution >= 4 is 29.0 Å². The van der Waals surface area contributed by atoms with Crippen molar-refractivity contribution in [2.24, 2.45) is 5.92 Å². The van der Waals surface area contributed by atoms with Gasteiger partial charge in [0, 0.05) is 43.0 Å². The summed E-state index contributed by atoms with van der Waals surface area (Å²) in [7, 11) is 1.36. The first-order valence-corrected chi connectivity index (χ1v) is 9.40. The maximum Gasteiger partial charge on any atom is 0.337 e. The summed E-state index contributed by atoms with van der Waals surface area (Å²) >= 11 is 5.62. The van der Waals surface area contributed by atoms with Crippen molar-refractivity contribution in [1.29, 1.82) is 0 Å². The maximum atomic E-state index is 12.1. The molecular formula is C20H21N3O3S. The average Bonchev–Trinajstić information content (AvgIpc) is 2.68. The van der Waals surface area contributed by atoms with Gasteiger partial charge in [0.2, 0.25) is 0 Å². The van der Waals surface area contributed by atoms with Crippen LogP contribution in [-0.2, 0) is 11.3 Å². The van der Waals surface area contributed by atoms with Gasteiger partial charge in [0.25, 0.3) is 5.56 Å². The van der Waals surface area contributed by atoms with Crippen LogP contribution in [0.4, 0.5) is 5.69 Å². The minimum absolute atomic E-state index is 0.0852. The van der Waals surface area contributed by atoms with Gasteiger partial charge in [-0.2, -0.15) is 0 Å².